The van der Waals surface area contributed by atoms with Crippen molar-refractivity contribution in [3.8, 4) is 0 Å². The molecule has 2 aromatic carbocycles. The minimum Gasteiger partial charge on any atom is -0.305 e. The monoisotopic (exact) mass is 334 g/mol. The summed E-state index contributed by atoms with van der Waals surface area (Å²) in [4.78, 5) is 17.1. The first kappa shape index (κ1) is 15.3. The van der Waals surface area contributed by atoms with Gasteiger partial charge in [0.05, 0.1) is 10.9 Å². The van der Waals surface area contributed by atoms with Gasteiger partial charge in [-0.3, -0.25) is 4.79 Å². The fourth-order valence-electron chi connectivity index (χ4n) is 2.88. The lowest BCUT2D eigenvalue weighted by Gasteiger charge is -2.04. The average Bonchev–Trinajstić information content (AvgIpc) is 2.89. The number of fused-ring (bicyclic) bond motifs is 2. The van der Waals surface area contributed by atoms with Crippen molar-refractivity contribution in [2.45, 2.75) is 6.92 Å². The van der Waals surface area contributed by atoms with E-state index in [1.807, 2.05) is 31.2 Å². The summed E-state index contributed by atoms with van der Waals surface area (Å²) in [6.45, 7) is 2.01. The van der Waals surface area contributed by atoms with Crippen molar-refractivity contribution >= 4 is 33.7 Å². The molecule has 4 rings (SSSR count). The Balaban J connectivity index is 1.79. The Kier molecular flexibility index (Phi) is 3.46. The number of hydrogen-bond acceptors (Lipinski definition) is 3. The number of rotatable bonds is 2. The molecule has 0 spiro atoms. The molecule has 0 saturated carbocycles. The van der Waals surface area contributed by atoms with Gasteiger partial charge in [0, 0.05) is 18.0 Å². The first-order valence-electron chi connectivity index (χ1n) is 7.83. The number of carbonyl (C=O) groups excluding carboxylic acids is 1. The van der Waals surface area contributed by atoms with E-state index < -0.39 is 0 Å². The Morgan fingerprint density at radius 3 is 2.68 bits per heavy atom. The van der Waals surface area contributed by atoms with Gasteiger partial charge in [-0.25, -0.2) is 14.1 Å². The van der Waals surface area contributed by atoms with E-state index in [-0.39, 0.29) is 11.7 Å². The second kappa shape index (κ2) is 5.66. The maximum absolute atomic E-state index is 13.0. The van der Waals surface area contributed by atoms with E-state index in [0.29, 0.717) is 17.0 Å². The predicted molar refractivity (Wildman–Crippen MR) is 95.1 cm³/mol. The average molecular weight is 334 g/mol. The highest BCUT2D eigenvalue weighted by molar-refractivity contribution is 6.08. The smallest absolute Gasteiger partial charge is 0.256 e. The summed E-state index contributed by atoms with van der Waals surface area (Å²) in [7, 11) is 1.78. The molecule has 0 aliphatic rings. The molecule has 5 nitrogen and oxygen atoms in total. The number of benzene rings is 2. The molecule has 1 N–H and O–H groups in total. The van der Waals surface area contributed by atoms with Crippen molar-refractivity contribution in [1.29, 1.82) is 0 Å². The van der Waals surface area contributed by atoms with Crippen LogP contribution in [0.5, 0.6) is 0 Å². The summed E-state index contributed by atoms with van der Waals surface area (Å²) in [6, 6.07) is 13.3. The number of amides is 1. The molecule has 0 unspecified atom stereocenters. The van der Waals surface area contributed by atoms with Crippen LogP contribution in [0.2, 0.25) is 0 Å². The maximum atomic E-state index is 13.0. The van der Waals surface area contributed by atoms with Crippen molar-refractivity contribution in [2.75, 3.05) is 5.32 Å². The summed E-state index contributed by atoms with van der Waals surface area (Å²) < 4.78 is 14.7. The van der Waals surface area contributed by atoms with Gasteiger partial charge in [-0.2, -0.15) is 5.10 Å². The highest BCUT2D eigenvalue weighted by Crippen LogP contribution is 2.27. The standard InChI is InChI=1S/C19H15FN4O/c1-11-4-3-5-13-10-15-17(23-24(2)18(15)21-16(11)13)22-19(25)12-6-8-14(20)9-7-12/h3-10H,1-2H3,(H,22,23,25). The van der Waals surface area contributed by atoms with Gasteiger partial charge in [0.15, 0.2) is 11.5 Å². The van der Waals surface area contributed by atoms with E-state index in [2.05, 4.69) is 15.4 Å². The molecule has 0 aliphatic heterocycles. The summed E-state index contributed by atoms with van der Waals surface area (Å²) in [5, 5.41) is 8.91. The number of pyridine rings is 1. The molecule has 6 heteroatoms. The molecule has 124 valence electrons. The Bertz CT molecular complexity index is 1120. The summed E-state index contributed by atoms with van der Waals surface area (Å²) >= 11 is 0. The van der Waals surface area contributed by atoms with Gasteiger partial charge < -0.3 is 5.32 Å². The number of halogens is 1. The number of carbonyl (C=O) groups is 1. The fraction of sp³-hybridized carbons (Fsp3) is 0.105. The zero-order valence-electron chi connectivity index (χ0n) is 13.7. The van der Waals surface area contributed by atoms with Gasteiger partial charge in [0.2, 0.25) is 0 Å². The van der Waals surface area contributed by atoms with Crippen LogP contribution in [0.4, 0.5) is 10.2 Å². The molecule has 25 heavy (non-hydrogen) atoms. The van der Waals surface area contributed by atoms with Crippen LogP contribution in [0.15, 0.2) is 48.5 Å². The number of nitrogens with zero attached hydrogens (tertiary/aromatic N) is 3. The van der Waals surface area contributed by atoms with Crippen LogP contribution in [0.1, 0.15) is 15.9 Å². The Morgan fingerprint density at radius 1 is 1.16 bits per heavy atom. The quantitative estimate of drug-likeness (QED) is 0.606. The molecular formula is C19H15FN4O. The van der Waals surface area contributed by atoms with Crippen LogP contribution in [0.3, 0.4) is 0 Å². The van der Waals surface area contributed by atoms with E-state index in [1.165, 1.54) is 24.3 Å². The van der Waals surface area contributed by atoms with Crippen molar-refractivity contribution in [2.24, 2.45) is 7.05 Å². The van der Waals surface area contributed by atoms with Crippen molar-refractivity contribution in [1.82, 2.24) is 14.8 Å². The maximum Gasteiger partial charge on any atom is 0.256 e. The number of aromatic nitrogens is 3. The van der Waals surface area contributed by atoms with Gasteiger partial charge >= 0.3 is 0 Å². The SMILES string of the molecule is Cc1cccc2cc3c(NC(=O)c4ccc(F)cc4)nn(C)c3nc12. The summed E-state index contributed by atoms with van der Waals surface area (Å²) in [6.07, 6.45) is 0. The third-order valence-electron chi connectivity index (χ3n) is 4.18. The zero-order chi connectivity index (χ0) is 17.6. The Labute approximate surface area is 143 Å². The molecule has 0 atom stereocenters. The molecule has 4 aromatic rings. The lowest BCUT2D eigenvalue weighted by atomic mass is 10.1. The number of aryl methyl sites for hydroxylation is 2. The van der Waals surface area contributed by atoms with Crippen LogP contribution in [-0.4, -0.2) is 20.7 Å². The third kappa shape index (κ3) is 2.61. The van der Waals surface area contributed by atoms with Crippen LogP contribution in [-0.2, 0) is 7.05 Å². The predicted octanol–water partition coefficient (Wildman–Crippen LogP) is 3.82. The van der Waals surface area contributed by atoms with E-state index in [4.69, 9.17) is 0 Å². The molecule has 0 fully saturated rings. The van der Waals surface area contributed by atoms with Crippen LogP contribution in [0, 0.1) is 12.7 Å². The van der Waals surface area contributed by atoms with E-state index in [9.17, 15) is 9.18 Å². The summed E-state index contributed by atoms with van der Waals surface area (Å²) in [5.41, 5.74) is 3.05. The highest BCUT2D eigenvalue weighted by atomic mass is 19.1. The van der Waals surface area contributed by atoms with Gasteiger partial charge in [0.25, 0.3) is 5.91 Å². The van der Waals surface area contributed by atoms with Gasteiger partial charge in [-0.15, -0.1) is 0 Å². The molecule has 2 heterocycles. The molecule has 0 aliphatic carbocycles. The molecule has 2 aromatic heterocycles. The first-order valence-corrected chi connectivity index (χ1v) is 7.83. The van der Waals surface area contributed by atoms with Crippen LogP contribution >= 0.6 is 0 Å². The highest BCUT2D eigenvalue weighted by Gasteiger charge is 2.15. The number of hydrogen-bond donors (Lipinski definition) is 1. The molecular weight excluding hydrogens is 319 g/mol. The number of anilines is 1. The second-order valence-corrected chi connectivity index (χ2v) is 5.94. The number of para-hydroxylation sites is 1. The van der Waals surface area contributed by atoms with Crippen LogP contribution < -0.4 is 5.32 Å². The normalized spacial score (nSPS) is 11.2. The van der Waals surface area contributed by atoms with Gasteiger partial charge in [-0.1, -0.05) is 18.2 Å². The largest absolute Gasteiger partial charge is 0.305 e. The van der Waals surface area contributed by atoms with Gasteiger partial charge in [-0.05, 0) is 42.8 Å². The minimum atomic E-state index is -0.383. The minimum absolute atomic E-state index is 0.343. The lowest BCUT2D eigenvalue weighted by Crippen LogP contribution is -2.12. The lowest BCUT2D eigenvalue weighted by molar-refractivity contribution is 0.102. The van der Waals surface area contributed by atoms with E-state index in [0.717, 1.165) is 21.9 Å². The Morgan fingerprint density at radius 2 is 1.92 bits per heavy atom. The van der Waals surface area contributed by atoms with Crippen molar-refractivity contribution in [3.05, 3.63) is 65.5 Å². The van der Waals surface area contributed by atoms with Gasteiger partial charge in [0.1, 0.15) is 5.82 Å². The molecule has 0 saturated heterocycles. The topological polar surface area (TPSA) is 59.8 Å². The number of nitrogens with one attached hydrogen (secondary N) is 1. The summed E-state index contributed by atoms with van der Waals surface area (Å²) in [5.74, 6) is -0.294. The molecule has 0 radical (unpaired) electrons. The van der Waals surface area contributed by atoms with Crippen molar-refractivity contribution in [3.63, 3.8) is 0 Å². The third-order valence-corrected chi connectivity index (χ3v) is 4.18. The zero-order valence-corrected chi connectivity index (χ0v) is 13.7. The van der Waals surface area contributed by atoms with Crippen molar-refractivity contribution < 1.29 is 9.18 Å². The molecule has 1 amide bonds. The van der Waals surface area contributed by atoms with E-state index in [1.54, 1.807) is 11.7 Å². The second-order valence-electron chi connectivity index (χ2n) is 5.94. The Hall–Kier alpha value is -3.28. The fourth-order valence-corrected chi connectivity index (χ4v) is 2.88. The first-order chi connectivity index (χ1) is 12.0. The van der Waals surface area contributed by atoms with E-state index >= 15 is 0 Å². The van der Waals surface area contributed by atoms with Crippen LogP contribution in [0.25, 0.3) is 21.9 Å². The molecule has 0 bridgehead atoms.